The van der Waals surface area contributed by atoms with Gasteiger partial charge in [0, 0.05) is 17.7 Å². The molecule has 0 fully saturated rings. The van der Waals surface area contributed by atoms with Crippen LogP contribution in [0.5, 0.6) is 0 Å². The summed E-state index contributed by atoms with van der Waals surface area (Å²) < 4.78 is 1.49. The molecule has 2 heterocycles. The second-order valence-corrected chi connectivity index (χ2v) is 6.77. The lowest BCUT2D eigenvalue weighted by Crippen LogP contribution is -2.27. The number of hydrogen-bond acceptors (Lipinski definition) is 3. The Balaban J connectivity index is 1.93. The number of hydrogen-bond donors (Lipinski definition) is 1. The summed E-state index contributed by atoms with van der Waals surface area (Å²) in [5.41, 5.74) is 1.49. The normalized spacial score (nSPS) is 23.8. The van der Waals surface area contributed by atoms with Crippen LogP contribution in [0.2, 0.25) is 0 Å². The molecule has 1 aromatic heterocycles. The fourth-order valence-corrected chi connectivity index (χ4v) is 4.58. The molecule has 0 saturated heterocycles. The fraction of sp³-hybridized carbons (Fsp3) is 0.538. The van der Waals surface area contributed by atoms with Crippen LogP contribution >= 0.6 is 23.1 Å². The number of fused-ring (bicyclic) bond motifs is 1. The second-order valence-electron chi connectivity index (χ2n) is 4.14. The fourth-order valence-electron chi connectivity index (χ4n) is 2.01. The summed E-state index contributed by atoms with van der Waals surface area (Å²) in [7, 11) is 0. The minimum Gasteiger partial charge on any atom is -0.310 e. The van der Waals surface area contributed by atoms with Crippen LogP contribution in [-0.2, 0) is 0 Å². The maximum Gasteiger partial charge on any atom is 0.0649 e. The van der Waals surface area contributed by atoms with E-state index in [0.29, 0.717) is 6.04 Å². The first-order valence-electron chi connectivity index (χ1n) is 5.72. The lowest BCUT2D eigenvalue weighted by molar-refractivity contribution is 0.485. The van der Waals surface area contributed by atoms with Crippen LogP contribution in [0.4, 0.5) is 0 Å². The summed E-state index contributed by atoms with van der Waals surface area (Å²) in [6.07, 6.45) is 8.43. The van der Waals surface area contributed by atoms with Gasteiger partial charge in [-0.05, 0) is 36.4 Å². The molecule has 0 radical (unpaired) electrons. The van der Waals surface area contributed by atoms with E-state index >= 15 is 0 Å². The molecule has 1 N–H and O–H groups in total. The van der Waals surface area contributed by atoms with E-state index in [1.54, 1.807) is 0 Å². The molecule has 0 amide bonds. The van der Waals surface area contributed by atoms with Crippen LogP contribution < -0.4 is 5.32 Å². The van der Waals surface area contributed by atoms with Gasteiger partial charge in [0.1, 0.15) is 0 Å². The highest BCUT2D eigenvalue weighted by atomic mass is 32.2. The maximum absolute atomic E-state index is 5.25. The molecule has 2 atom stereocenters. The average Bonchev–Trinajstić information content (AvgIpc) is 2.72. The Morgan fingerprint density at radius 3 is 3.31 bits per heavy atom. The lowest BCUT2D eigenvalue weighted by atomic mass is 10.0. The molecule has 0 aliphatic carbocycles. The molecule has 0 aromatic carbocycles. The van der Waals surface area contributed by atoms with Crippen molar-refractivity contribution < 1.29 is 0 Å². The summed E-state index contributed by atoms with van der Waals surface area (Å²) in [5.74, 6) is 2.69. The Kier molecular flexibility index (Phi) is 4.34. The summed E-state index contributed by atoms with van der Waals surface area (Å²) >= 11 is 3.88. The molecule has 16 heavy (non-hydrogen) atoms. The van der Waals surface area contributed by atoms with Gasteiger partial charge < -0.3 is 5.32 Å². The number of terminal acetylenes is 1. The number of thiophene rings is 1. The summed E-state index contributed by atoms with van der Waals surface area (Å²) in [6.45, 7) is 3.34. The van der Waals surface area contributed by atoms with Crippen LogP contribution in [0.15, 0.2) is 15.7 Å². The third kappa shape index (κ3) is 2.82. The van der Waals surface area contributed by atoms with Gasteiger partial charge in [-0.3, -0.25) is 0 Å². The summed E-state index contributed by atoms with van der Waals surface area (Å²) in [6, 6.07) is 2.80. The second kappa shape index (κ2) is 5.77. The molecule has 1 nitrogen and oxygen atoms in total. The third-order valence-electron chi connectivity index (χ3n) is 2.80. The molecule has 0 bridgehead atoms. The van der Waals surface area contributed by atoms with E-state index in [9.17, 15) is 0 Å². The van der Waals surface area contributed by atoms with Crippen LogP contribution in [0.25, 0.3) is 0 Å². The van der Waals surface area contributed by atoms with Crippen molar-refractivity contribution >= 4 is 23.1 Å². The van der Waals surface area contributed by atoms with Gasteiger partial charge in [-0.2, -0.15) is 0 Å². The Hall–Kier alpha value is -0.430. The zero-order valence-corrected chi connectivity index (χ0v) is 11.2. The molecule has 0 saturated carbocycles. The first-order chi connectivity index (χ1) is 7.81. The topological polar surface area (TPSA) is 12.0 Å². The van der Waals surface area contributed by atoms with Crippen molar-refractivity contribution in [3.8, 4) is 12.3 Å². The molecule has 86 valence electrons. The molecule has 1 unspecified atom stereocenters. The van der Waals surface area contributed by atoms with Crippen molar-refractivity contribution in [3.63, 3.8) is 0 Å². The molecule has 1 aliphatic rings. The Bertz CT molecular complexity index is 378. The highest BCUT2D eigenvalue weighted by Gasteiger charge is 2.25. The molecular formula is C13H17NS2. The van der Waals surface area contributed by atoms with E-state index in [4.69, 9.17) is 6.42 Å². The van der Waals surface area contributed by atoms with Crippen molar-refractivity contribution in [2.75, 3.05) is 6.54 Å². The van der Waals surface area contributed by atoms with Crippen molar-refractivity contribution in [2.24, 2.45) is 0 Å². The van der Waals surface area contributed by atoms with E-state index in [-0.39, 0.29) is 0 Å². The van der Waals surface area contributed by atoms with E-state index in [2.05, 4.69) is 29.6 Å². The standard InChI is InChI=1S/C13H17NS2/c1-3-4-5-7-14-12-9-10(2)16-13-11(12)6-8-15-13/h1,6,8,10,12,14H,4-5,7,9H2,2H3/t10-,12?/m0/s1. The van der Waals surface area contributed by atoms with E-state index in [0.717, 1.165) is 24.6 Å². The SMILES string of the molecule is C#CCCCNC1C[C@H](C)Sc2sccc21. The summed E-state index contributed by atoms with van der Waals surface area (Å²) in [4.78, 5) is 0. The van der Waals surface area contributed by atoms with Crippen molar-refractivity contribution in [3.05, 3.63) is 17.0 Å². The van der Waals surface area contributed by atoms with Crippen LogP contribution in [0.3, 0.4) is 0 Å². The quantitative estimate of drug-likeness (QED) is 0.647. The number of rotatable bonds is 4. The van der Waals surface area contributed by atoms with E-state index < -0.39 is 0 Å². The average molecular weight is 251 g/mol. The Morgan fingerprint density at radius 1 is 1.62 bits per heavy atom. The monoisotopic (exact) mass is 251 g/mol. The first-order valence-corrected chi connectivity index (χ1v) is 7.48. The smallest absolute Gasteiger partial charge is 0.0649 e. The van der Waals surface area contributed by atoms with E-state index in [1.807, 2.05) is 23.1 Å². The number of unbranched alkanes of at least 4 members (excludes halogenated alkanes) is 1. The summed E-state index contributed by atoms with van der Waals surface area (Å²) in [5, 5.41) is 6.55. The van der Waals surface area contributed by atoms with Crippen molar-refractivity contribution in [1.29, 1.82) is 0 Å². The van der Waals surface area contributed by atoms with Gasteiger partial charge in [-0.25, -0.2) is 0 Å². The van der Waals surface area contributed by atoms with Crippen LogP contribution in [-0.4, -0.2) is 11.8 Å². The highest BCUT2D eigenvalue weighted by molar-refractivity contribution is 8.01. The van der Waals surface area contributed by atoms with Crippen molar-refractivity contribution in [2.45, 2.75) is 41.7 Å². The molecule has 1 aliphatic heterocycles. The van der Waals surface area contributed by atoms with Crippen LogP contribution in [0, 0.1) is 12.3 Å². The molecular weight excluding hydrogens is 234 g/mol. The van der Waals surface area contributed by atoms with Gasteiger partial charge in [-0.1, -0.05) is 6.92 Å². The van der Waals surface area contributed by atoms with Gasteiger partial charge >= 0.3 is 0 Å². The van der Waals surface area contributed by atoms with Crippen LogP contribution in [0.1, 0.15) is 37.8 Å². The lowest BCUT2D eigenvalue weighted by Gasteiger charge is -2.27. The van der Waals surface area contributed by atoms with Gasteiger partial charge in [0.2, 0.25) is 0 Å². The predicted octanol–water partition coefficient (Wildman–Crippen LogP) is 3.68. The molecule has 2 rings (SSSR count). The molecule has 1 aromatic rings. The number of nitrogens with one attached hydrogen (secondary N) is 1. The van der Waals surface area contributed by atoms with Gasteiger partial charge in [-0.15, -0.1) is 35.4 Å². The van der Waals surface area contributed by atoms with Gasteiger partial charge in [0.05, 0.1) is 4.21 Å². The zero-order valence-electron chi connectivity index (χ0n) is 9.53. The molecule has 0 spiro atoms. The highest BCUT2D eigenvalue weighted by Crippen LogP contribution is 2.43. The Labute approximate surface area is 106 Å². The maximum atomic E-state index is 5.25. The van der Waals surface area contributed by atoms with Gasteiger partial charge in [0.15, 0.2) is 0 Å². The Morgan fingerprint density at radius 2 is 2.50 bits per heavy atom. The third-order valence-corrected chi connectivity index (χ3v) is 5.14. The van der Waals surface area contributed by atoms with Crippen molar-refractivity contribution in [1.82, 2.24) is 5.32 Å². The minimum absolute atomic E-state index is 0.537. The van der Waals surface area contributed by atoms with Gasteiger partial charge in [0.25, 0.3) is 0 Å². The predicted molar refractivity (Wildman–Crippen MR) is 73.1 cm³/mol. The zero-order chi connectivity index (χ0) is 11.4. The number of thioether (sulfide) groups is 1. The largest absolute Gasteiger partial charge is 0.310 e. The minimum atomic E-state index is 0.537. The first kappa shape index (κ1) is 12.0. The molecule has 3 heteroatoms. The van der Waals surface area contributed by atoms with E-state index in [1.165, 1.54) is 16.2 Å².